The minimum Gasteiger partial charge on any atom is -0.489 e. The first-order valence-corrected chi connectivity index (χ1v) is 11.6. The van der Waals surface area contributed by atoms with Crippen molar-refractivity contribution in [1.82, 2.24) is 16.0 Å². The molecule has 1 atom stereocenters. The number of hydrogen-bond donors (Lipinski definition) is 3. The number of sulfone groups is 1. The highest BCUT2D eigenvalue weighted by Gasteiger charge is 2.28. The molecule has 0 aliphatic carbocycles. The van der Waals surface area contributed by atoms with Gasteiger partial charge in [0.15, 0.2) is 15.8 Å². The van der Waals surface area contributed by atoms with Gasteiger partial charge in [0, 0.05) is 31.1 Å². The number of guanidine groups is 1. The van der Waals surface area contributed by atoms with Crippen LogP contribution in [0.2, 0.25) is 0 Å². The van der Waals surface area contributed by atoms with Gasteiger partial charge in [-0.3, -0.25) is 4.79 Å². The number of carbonyl (C=O) groups is 1. The number of aliphatic imine (C=N–C) groups is 1. The molecule has 9 heteroatoms. The summed E-state index contributed by atoms with van der Waals surface area (Å²) in [6.45, 7) is 7.55. The van der Waals surface area contributed by atoms with E-state index in [1.165, 1.54) is 0 Å². The molecule has 0 aromatic heterocycles. The molecule has 2 rings (SSSR count). The number of carbonyl (C=O) groups excluding carboxylic acids is 1. The van der Waals surface area contributed by atoms with E-state index in [9.17, 15) is 13.2 Å². The highest BCUT2D eigenvalue weighted by molar-refractivity contribution is 7.91. The standard InChI is InChI=1S/C20H30N4O4S/c1-3-12-28-18-8-6-5-7-16(18)14-23-20(21-4-2)22-11-9-19(25)24-17-10-13-29(26,27)15-17/h3,5-8,17H,1,4,9-15H2,2H3,(H,24,25)(H2,21,22,23). The first-order chi connectivity index (χ1) is 13.9. The SMILES string of the molecule is C=CCOc1ccccc1CN=C(NCC)NCCC(=O)NC1CCS(=O)(=O)C1. The van der Waals surface area contributed by atoms with Gasteiger partial charge in [0.05, 0.1) is 18.1 Å². The number of hydrogen-bond acceptors (Lipinski definition) is 5. The van der Waals surface area contributed by atoms with Crippen LogP contribution >= 0.6 is 0 Å². The molecule has 29 heavy (non-hydrogen) atoms. The lowest BCUT2D eigenvalue weighted by atomic mass is 10.2. The minimum atomic E-state index is -3.00. The molecule has 1 heterocycles. The van der Waals surface area contributed by atoms with Crippen LogP contribution in [0.1, 0.15) is 25.3 Å². The van der Waals surface area contributed by atoms with Crippen LogP contribution in [0.25, 0.3) is 0 Å². The Balaban J connectivity index is 1.83. The quantitative estimate of drug-likeness (QED) is 0.295. The van der Waals surface area contributed by atoms with Gasteiger partial charge in [0.1, 0.15) is 12.4 Å². The Morgan fingerprint density at radius 3 is 2.83 bits per heavy atom. The van der Waals surface area contributed by atoms with E-state index in [1.807, 2.05) is 31.2 Å². The molecule has 3 N–H and O–H groups in total. The van der Waals surface area contributed by atoms with Gasteiger partial charge in [0.25, 0.3) is 0 Å². The lowest BCUT2D eigenvalue weighted by molar-refractivity contribution is -0.121. The maximum atomic E-state index is 12.0. The van der Waals surface area contributed by atoms with E-state index in [0.717, 1.165) is 11.3 Å². The summed E-state index contributed by atoms with van der Waals surface area (Å²) in [6.07, 6.45) is 2.41. The number of nitrogens with zero attached hydrogens (tertiary/aromatic N) is 1. The first kappa shape index (κ1) is 22.7. The van der Waals surface area contributed by atoms with Crippen molar-refractivity contribution in [2.45, 2.75) is 32.4 Å². The third-order valence-corrected chi connectivity index (χ3v) is 6.09. The van der Waals surface area contributed by atoms with Gasteiger partial charge >= 0.3 is 0 Å². The molecular weight excluding hydrogens is 392 g/mol. The summed E-state index contributed by atoms with van der Waals surface area (Å²) >= 11 is 0. The summed E-state index contributed by atoms with van der Waals surface area (Å²) in [6, 6.07) is 7.40. The number of ether oxygens (including phenoxy) is 1. The Morgan fingerprint density at radius 1 is 1.34 bits per heavy atom. The molecule has 1 saturated heterocycles. The highest BCUT2D eigenvalue weighted by atomic mass is 32.2. The third-order valence-electron chi connectivity index (χ3n) is 4.32. The molecule has 0 bridgehead atoms. The van der Waals surface area contributed by atoms with Crippen LogP contribution in [0.5, 0.6) is 5.75 Å². The lowest BCUT2D eigenvalue weighted by Gasteiger charge is -2.14. The molecule has 1 unspecified atom stereocenters. The van der Waals surface area contributed by atoms with Gasteiger partial charge in [-0.1, -0.05) is 30.9 Å². The van der Waals surface area contributed by atoms with Crippen molar-refractivity contribution >= 4 is 21.7 Å². The molecule has 1 aromatic rings. The van der Waals surface area contributed by atoms with Gasteiger partial charge in [-0.05, 0) is 19.4 Å². The average Bonchev–Trinajstić information content (AvgIpc) is 3.03. The molecule has 1 fully saturated rings. The minimum absolute atomic E-state index is 0.0314. The fourth-order valence-electron chi connectivity index (χ4n) is 2.93. The Hall–Kier alpha value is -2.55. The van der Waals surface area contributed by atoms with Crippen LogP contribution < -0.4 is 20.7 Å². The predicted octanol–water partition coefficient (Wildman–Crippen LogP) is 1.000. The second-order valence-corrected chi connectivity index (χ2v) is 8.98. The summed E-state index contributed by atoms with van der Waals surface area (Å²) in [5.41, 5.74) is 0.951. The van der Waals surface area contributed by atoms with Crippen LogP contribution in [0.15, 0.2) is 41.9 Å². The van der Waals surface area contributed by atoms with Crippen LogP contribution in [0.3, 0.4) is 0 Å². The van der Waals surface area contributed by atoms with E-state index in [1.54, 1.807) is 6.08 Å². The van der Waals surface area contributed by atoms with Gasteiger partial charge in [0.2, 0.25) is 5.91 Å². The van der Waals surface area contributed by atoms with Gasteiger partial charge in [-0.25, -0.2) is 13.4 Å². The largest absolute Gasteiger partial charge is 0.489 e. The van der Waals surface area contributed by atoms with Crippen molar-refractivity contribution < 1.29 is 17.9 Å². The zero-order valence-corrected chi connectivity index (χ0v) is 17.6. The fourth-order valence-corrected chi connectivity index (χ4v) is 4.61. The van der Waals surface area contributed by atoms with Crippen LogP contribution in [0, 0.1) is 0 Å². The van der Waals surface area contributed by atoms with E-state index in [-0.39, 0.29) is 29.9 Å². The average molecular weight is 423 g/mol. The van der Waals surface area contributed by atoms with Crippen molar-refractivity contribution in [3.05, 3.63) is 42.5 Å². The molecule has 1 aromatic carbocycles. The molecule has 8 nitrogen and oxygen atoms in total. The summed E-state index contributed by atoms with van der Waals surface area (Å²) in [5.74, 6) is 1.37. The van der Waals surface area contributed by atoms with Crippen LogP contribution in [0.4, 0.5) is 0 Å². The van der Waals surface area contributed by atoms with E-state index >= 15 is 0 Å². The summed E-state index contributed by atoms with van der Waals surface area (Å²) in [4.78, 5) is 16.6. The topological polar surface area (TPSA) is 109 Å². The second kappa shape index (κ2) is 11.5. The second-order valence-electron chi connectivity index (χ2n) is 6.75. The summed E-state index contributed by atoms with van der Waals surface area (Å²) < 4.78 is 28.6. The molecule has 0 radical (unpaired) electrons. The van der Waals surface area contributed by atoms with Crippen molar-refractivity contribution in [2.24, 2.45) is 4.99 Å². The highest BCUT2D eigenvalue weighted by Crippen LogP contribution is 2.18. The van der Waals surface area contributed by atoms with E-state index < -0.39 is 9.84 Å². The zero-order chi connectivity index (χ0) is 21.1. The normalized spacial score (nSPS) is 18.1. The Kier molecular flexibility index (Phi) is 8.98. The molecule has 1 aliphatic rings. The number of para-hydroxylation sites is 1. The maximum absolute atomic E-state index is 12.0. The maximum Gasteiger partial charge on any atom is 0.222 e. The lowest BCUT2D eigenvalue weighted by Crippen LogP contribution is -2.41. The Morgan fingerprint density at radius 2 is 2.14 bits per heavy atom. The van der Waals surface area contributed by atoms with Crippen molar-refractivity contribution in [3.8, 4) is 5.75 Å². The number of nitrogens with one attached hydrogen (secondary N) is 3. The number of rotatable bonds is 10. The van der Waals surface area contributed by atoms with Crippen LogP contribution in [-0.2, 0) is 21.2 Å². The molecule has 0 saturated carbocycles. The first-order valence-electron chi connectivity index (χ1n) is 9.77. The van der Waals surface area contributed by atoms with E-state index in [4.69, 9.17) is 4.74 Å². The third kappa shape index (κ3) is 8.15. The molecule has 1 amide bonds. The summed E-state index contributed by atoms with van der Waals surface area (Å²) in [5, 5.41) is 9.05. The number of benzene rings is 1. The Labute approximate surface area is 172 Å². The molecule has 160 valence electrons. The molecule has 0 spiro atoms. The fraction of sp³-hybridized carbons (Fsp3) is 0.500. The van der Waals surface area contributed by atoms with Gasteiger partial charge in [-0.15, -0.1) is 0 Å². The van der Waals surface area contributed by atoms with Crippen molar-refractivity contribution in [3.63, 3.8) is 0 Å². The van der Waals surface area contributed by atoms with Crippen LogP contribution in [-0.4, -0.2) is 57.5 Å². The molecular formula is C20H30N4O4S. The van der Waals surface area contributed by atoms with Gasteiger partial charge < -0.3 is 20.7 Å². The van der Waals surface area contributed by atoms with Gasteiger partial charge in [-0.2, -0.15) is 0 Å². The zero-order valence-electron chi connectivity index (χ0n) is 16.8. The van der Waals surface area contributed by atoms with Crippen molar-refractivity contribution in [2.75, 3.05) is 31.2 Å². The Bertz CT molecular complexity index is 824. The summed E-state index contributed by atoms with van der Waals surface area (Å²) in [7, 11) is -3.00. The molecule has 1 aliphatic heterocycles. The van der Waals surface area contributed by atoms with E-state index in [2.05, 4.69) is 27.5 Å². The monoisotopic (exact) mass is 422 g/mol. The van der Waals surface area contributed by atoms with E-state index in [0.29, 0.717) is 38.6 Å². The predicted molar refractivity (Wildman–Crippen MR) is 115 cm³/mol. The number of amides is 1. The smallest absolute Gasteiger partial charge is 0.222 e. The van der Waals surface area contributed by atoms with Crippen molar-refractivity contribution in [1.29, 1.82) is 0 Å².